The summed E-state index contributed by atoms with van der Waals surface area (Å²) in [7, 11) is 0. The van der Waals surface area contributed by atoms with Crippen molar-refractivity contribution < 1.29 is 9.90 Å². The minimum Gasteiger partial charge on any atom is -0.481 e. The molecule has 2 nitrogen and oxygen atoms in total. The summed E-state index contributed by atoms with van der Waals surface area (Å²) in [5, 5.41) is 8.93. The van der Waals surface area contributed by atoms with E-state index in [1.807, 2.05) is 0 Å². The van der Waals surface area contributed by atoms with Gasteiger partial charge in [-0.05, 0) is 62.2 Å². The van der Waals surface area contributed by atoms with Gasteiger partial charge in [-0.2, -0.15) is 0 Å². The van der Waals surface area contributed by atoms with Gasteiger partial charge >= 0.3 is 5.97 Å². The van der Waals surface area contributed by atoms with Crippen molar-refractivity contribution in [3.05, 3.63) is 0 Å². The van der Waals surface area contributed by atoms with Crippen LogP contribution in [0.1, 0.15) is 103 Å². The molecule has 0 amide bonds. The lowest BCUT2D eigenvalue weighted by Crippen LogP contribution is -2.26. The van der Waals surface area contributed by atoms with Gasteiger partial charge in [-0.3, -0.25) is 4.79 Å². The molecule has 0 aromatic carbocycles. The fourth-order valence-corrected chi connectivity index (χ4v) is 5.10. The fraction of sp³-hybridized carbons (Fsp3) is 0.952. The predicted molar refractivity (Wildman–Crippen MR) is 96.5 cm³/mol. The number of unbranched alkanes of at least 4 members (excludes halogenated alkanes) is 4. The zero-order valence-electron chi connectivity index (χ0n) is 15.3. The number of carboxylic acid groups (broad SMARTS) is 1. The molecule has 2 aliphatic rings. The van der Waals surface area contributed by atoms with Crippen LogP contribution < -0.4 is 0 Å². The second-order valence-corrected chi connectivity index (χ2v) is 8.36. The maximum absolute atomic E-state index is 10.8. The number of carbonyl (C=O) groups is 1. The molecule has 2 rings (SSSR count). The van der Waals surface area contributed by atoms with Gasteiger partial charge in [-0.25, -0.2) is 0 Å². The summed E-state index contributed by atoms with van der Waals surface area (Å²) in [6, 6.07) is 0. The van der Waals surface area contributed by atoms with Crippen LogP contribution in [-0.4, -0.2) is 11.1 Å². The standard InChI is InChI=1S/C21H38O2/c1-2-3-4-5-6-7-17-8-12-19(13-9-17)20-14-10-18(11-15-20)16-21(22)23/h17-20H,2-16H2,1H3,(H,22,23)/t17-,18?,19-,20?. The SMILES string of the molecule is CCCCCCC[C@H]1CC[C@H](C2CCC(CC(=O)O)CC2)CC1. The van der Waals surface area contributed by atoms with E-state index in [4.69, 9.17) is 5.11 Å². The first-order chi connectivity index (χ1) is 11.2. The van der Waals surface area contributed by atoms with Gasteiger partial charge in [-0.15, -0.1) is 0 Å². The van der Waals surface area contributed by atoms with Crippen LogP contribution in [0.5, 0.6) is 0 Å². The number of hydrogen-bond acceptors (Lipinski definition) is 1. The van der Waals surface area contributed by atoms with E-state index in [1.54, 1.807) is 0 Å². The Morgan fingerprint density at radius 3 is 1.83 bits per heavy atom. The molecule has 0 aliphatic heterocycles. The van der Waals surface area contributed by atoms with Crippen LogP contribution in [0.4, 0.5) is 0 Å². The summed E-state index contributed by atoms with van der Waals surface area (Å²) in [6.07, 6.45) is 19.7. The topological polar surface area (TPSA) is 37.3 Å². The maximum atomic E-state index is 10.8. The zero-order chi connectivity index (χ0) is 16.5. The first-order valence-electron chi connectivity index (χ1n) is 10.4. The van der Waals surface area contributed by atoms with E-state index in [-0.39, 0.29) is 0 Å². The van der Waals surface area contributed by atoms with Crippen molar-refractivity contribution in [2.24, 2.45) is 23.7 Å². The Morgan fingerprint density at radius 1 is 0.783 bits per heavy atom. The monoisotopic (exact) mass is 322 g/mol. The smallest absolute Gasteiger partial charge is 0.303 e. The van der Waals surface area contributed by atoms with Crippen molar-refractivity contribution in [1.82, 2.24) is 0 Å². The Hall–Kier alpha value is -0.530. The average molecular weight is 323 g/mol. The summed E-state index contributed by atoms with van der Waals surface area (Å²) < 4.78 is 0. The highest BCUT2D eigenvalue weighted by molar-refractivity contribution is 5.67. The molecule has 0 unspecified atom stereocenters. The molecule has 2 aliphatic carbocycles. The molecule has 0 aromatic rings. The van der Waals surface area contributed by atoms with E-state index in [0.717, 1.165) is 30.6 Å². The molecule has 0 spiro atoms. The minimum atomic E-state index is -0.604. The third-order valence-electron chi connectivity index (χ3n) is 6.63. The lowest BCUT2D eigenvalue weighted by molar-refractivity contribution is -0.138. The quantitative estimate of drug-likeness (QED) is 0.496. The minimum absolute atomic E-state index is 0.400. The van der Waals surface area contributed by atoms with E-state index in [0.29, 0.717) is 12.3 Å². The molecule has 23 heavy (non-hydrogen) atoms. The first-order valence-corrected chi connectivity index (χ1v) is 10.4. The van der Waals surface area contributed by atoms with Crippen LogP contribution in [0.25, 0.3) is 0 Å². The molecule has 0 aromatic heterocycles. The molecular formula is C21H38O2. The number of rotatable bonds is 9. The van der Waals surface area contributed by atoms with E-state index >= 15 is 0 Å². The van der Waals surface area contributed by atoms with Gasteiger partial charge in [0.15, 0.2) is 0 Å². The summed E-state index contributed by atoms with van der Waals surface area (Å²) in [5.74, 6) is 2.73. The molecule has 2 heteroatoms. The van der Waals surface area contributed by atoms with Gasteiger partial charge in [-0.1, -0.05) is 58.3 Å². The van der Waals surface area contributed by atoms with Crippen LogP contribution >= 0.6 is 0 Å². The highest BCUT2D eigenvalue weighted by atomic mass is 16.4. The summed E-state index contributed by atoms with van der Waals surface area (Å²) in [6.45, 7) is 2.29. The van der Waals surface area contributed by atoms with E-state index in [2.05, 4.69) is 6.92 Å². The largest absolute Gasteiger partial charge is 0.481 e. The third kappa shape index (κ3) is 6.85. The van der Waals surface area contributed by atoms with Gasteiger partial charge in [0.1, 0.15) is 0 Å². The molecule has 0 radical (unpaired) electrons. The van der Waals surface area contributed by atoms with Gasteiger partial charge in [0, 0.05) is 6.42 Å². The Bertz CT molecular complexity index is 323. The van der Waals surface area contributed by atoms with Gasteiger partial charge in [0.05, 0.1) is 0 Å². The van der Waals surface area contributed by atoms with Gasteiger partial charge in [0.2, 0.25) is 0 Å². The highest BCUT2D eigenvalue weighted by Crippen LogP contribution is 2.42. The number of hydrogen-bond donors (Lipinski definition) is 1. The van der Waals surface area contributed by atoms with Gasteiger partial charge in [0.25, 0.3) is 0 Å². The maximum Gasteiger partial charge on any atom is 0.303 e. The van der Waals surface area contributed by atoms with E-state index in [1.165, 1.54) is 77.0 Å². The predicted octanol–water partition coefficient (Wildman–Crippen LogP) is 6.43. The summed E-state index contributed by atoms with van der Waals surface area (Å²) in [5.41, 5.74) is 0. The zero-order valence-corrected chi connectivity index (χ0v) is 15.3. The molecule has 0 bridgehead atoms. The Morgan fingerprint density at radius 2 is 1.30 bits per heavy atom. The molecule has 2 saturated carbocycles. The van der Waals surface area contributed by atoms with Crippen molar-refractivity contribution >= 4 is 5.97 Å². The average Bonchev–Trinajstić information content (AvgIpc) is 2.55. The molecule has 134 valence electrons. The Balaban J connectivity index is 1.57. The highest BCUT2D eigenvalue weighted by Gasteiger charge is 2.31. The molecule has 0 heterocycles. The second kappa shape index (κ2) is 10.4. The van der Waals surface area contributed by atoms with Crippen molar-refractivity contribution in [1.29, 1.82) is 0 Å². The fourth-order valence-electron chi connectivity index (χ4n) is 5.10. The molecule has 0 saturated heterocycles. The molecule has 2 fully saturated rings. The first kappa shape index (κ1) is 18.8. The Kier molecular flexibility index (Phi) is 8.47. The van der Waals surface area contributed by atoms with Crippen molar-refractivity contribution in [3.8, 4) is 0 Å². The lowest BCUT2D eigenvalue weighted by Gasteiger charge is -2.37. The third-order valence-corrected chi connectivity index (χ3v) is 6.63. The molecular weight excluding hydrogens is 284 g/mol. The van der Waals surface area contributed by atoms with Crippen LogP contribution in [0.2, 0.25) is 0 Å². The van der Waals surface area contributed by atoms with Crippen molar-refractivity contribution in [2.75, 3.05) is 0 Å². The number of carboxylic acids is 1. The van der Waals surface area contributed by atoms with Crippen molar-refractivity contribution in [2.45, 2.75) is 103 Å². The van der Waals surface area contributed by atoms with Crippen LogP contribution in [-0.2, 0) is 4.79 Å². The second-order valence-electron chi connectivity index (χ2n) is 8.36. The lowest BCUT2D eigenvalue weighted by atomic mass is 9.68. The van der Waals surface area contributed by atoms with Crippen LogP contribution in [0, 0.1) is 23.7 Å². The van der Waals surface area contributed by atoms with Gasteiger partial charge < -0.3 is 5.11 Å². The van der Waals surface area contributed by atoms with Crippen LogP contribution in [0.3, 0.4) is 0 Å². The summed E-state index contributed by atoms with van der Waals surface area (Å²) in [4.78, 5) is 10.8. The van der Waals surface area contributed by atoms with E-state index in [9.17, 15) is 4.79 Å². The Labute approximate surface area is 143 Å². The van der Waals surface area contributed by atoms with E-state index < -0.39 is 5.97 Å². The van der Waals surface area contributed by atoms with Crippen molar-refractivity contribution in [3.63, 3.8) is 0 Å². The normalized spacial score (nSPS) is 31.9. The summed E-state index contributed by atoms with van der Waals surface area (Å²) >= 11 is 0. The van der Waals surface area contributed by atoms with Crippen LogP contribution in [0.15, 0.2) is 0 Å². The molecule has 1 N–H and O–H groups in total. The molecule has 0 atom stereocenters. The number of aliphatic carboxylic acids is 1.